The number of piperazine rings is 4. The molecular formula is C112H126N24O11. The molecule has 8 heterocycles. The number of aromatic nitrogens is 4. The molecule has 760 valence electrons. The van der Waals surface area contributed by atoms with Gasteiger partial charge in [0.2, 0.25) is 23.6 Å². The van der Waals surface area contributed by atoms with Gasteiger partial charge in [-0.1, -0.05) is 146 Å². The van der Waals surface area contributed by atoms with Gasteiger partial charge in [0.05, 0.1) is 72.8 Å². The van der Waals surface area contributed by atoms with E-state index in [2.05, 4.69) is 172 Å². The summed E-state index contributed by atoms with van der Waals surface area (Å²) in [7, 11) is 0. The largest absolute Gasteiger partial charge is 0.394 e. The minimum atomic E-state index is -0.587. The Bertz CT molecular complexity index is 6550. The minimum Gasteiger partial charge on any atom is -0.394 e. The van der Waals surface area contributed by atoms with E-state index in [1.165, 1.54) is 66.6 Å². The van der Waals surface area contributed by atoms with Gasteiger partial charge in [-0.3, -0.25) is 52.8 Å². The van der Waals surface area contributed by atoms with Crippen molar-refractivity contribution in [2.24, 2.45) is 22.9 Å². The van der Waals surface area contributed by atoms with Crippen LogP contribution in [0.25, 0.3) is 0 Å². The van der Waals surface area contributed by atoms with Crippen LogP contribution in [0.2, 0.25) is 0 Å². The highest BCUT2D eigenvalue weighted by Gasteiger charge is 2.48. The smallest absolute Gasteiger partial charge is 0.310 e. The highest BCUT2D eigenvalue weighted by Crippen LogP contribution is 2.53. The fourth-order valence-corrected chi connectivity index (χ4v) is 18.9. The van der Waals surface area contributed by atoms with Crippen molar-refractivity contribution in [1.82, 2.24) is 40.0 Å². The number of nitrogens with one attached hydrogen (secondary N) is 8. The van der Waals surface area contributed by atoms with E-state index in [-0.39, 0.29) is 51.3 Å². The fraction of sp³-hybridized carbons (Fsp3) is 0.304. The molecule has 4 aromatic heterocycles. The number of pyridine rings is 4. The molecule has 4 aliphatic carbocycles. The van der Waals surface area contributed by atoms with Crippen molar-refractivity contribution >= 4 is 151 Å². The number of ether oxygens (including phenoxy) is 1. The summed E-state index contributed by atoms with van der Waals surface area (Å²) in [6.07, 6.45) is 13.8. The van der Waals surface area contributed by atoms with Crippen LogP contribution in [-0.2, 0) is 55.7 Å². The number of anilines is 16. The molecule has 4 aliphatic heterocycles. The van der Waals surface area contributed by atoms with Gasteiger partial charge < -0.3 is 105 Å². The molecule has 0 radical (unpaired) electrons. The summed E-state index contributed by atoms with van der Waals surface area (Å²) in [5.41, 5.74) is 38.3. The van der Waals surface area contributed by atoms with Crippen LogP contribution in [0.3, 0.4) is 0 Å². The Morgan fingerprint density at radius 3 is 0.830 bits per heavy atom. The number of nitrogens with two attached hydrogens (primary N) is 4. The Kier molecular flexibility index (Phi) is 32.3. The van der Waals surface area contributed by atoms with E-state index in [0.717, 1.165) is 170 Å². The van der Waals surface area contributed by atoms with Gasteiger partial charge in [-0.25, -0.2) is 19.9 Å². The van der Waals surface area contributed by atoms with Gasteiger partial charge in [-0.15, -0.1) is 0 Å². The fourth-order valence-electron chi connectivity index (χ4n) is 18.9. The van der Waals surface area contributed by atoms with E-state index < -0.39 is 35.6 Å². The standard InChI is InChI=1S/C29H32N6O3.2C27H30N6O2.C25H28N6O.C4H6O3/c1-20(36)33-13-15-34(16-14-33)23-9-6-10-24(17-23)35(21(2)37)27-18-26(25(19-31-27)28(30)38)32-29(11-12-29)22-7-4-3-5-8-22;2*1-19(34)32-12-14-33(15-13-32)22-9-5-8-21(16-22)30-25-17-24(23(18-29-25)26(28)35)31-27(10-11-27)20-6-3-2-4-7-20;26-24(32)21-17-28-23(16-22(21)30-25(9-10-25)18-5-2-1-3-6-18)29-19-7-4-8-20(15-19)31-13-11-27-12-14-31;1-3(5)7-4(2)6/h3-10,17-19H,11-16H2,1-2H3,(H2,30,38)(H,31,32);2*2-9,16-18H,10-15H2,1H3,(H2,28,35)(H2,29,30,31);1-8,15-17,27H,9-14H2,(H2,26,32)(H2,28,29,30);1-2H3. The highest BCUT2D eigenvalue weighted by atomic mass is 16.6. The topological polar surface area (TPSA) is 458 Å². The zero-order valence-electron chi connectivity index (χ0n) is 83.5. The summed E-state index contributed by atoms with van der Waals surface area (Å²) >= 11 is 0. The predicted octanol–water partition coefficient (Wildman–Crippen LogP) is 14.6. The van der Waals surface area contributed by atoms with Crippen LogP contribution in [0.4, 0.5) is 91.5 Å². The molecule has 35 nitrogen and oxygen atoms in total. The molecule has 35 heteroatoms. The van der Waals surface area contributed by atoms with Gasteiger partial charge >= 0.3 is 11.9 Å². The third kappa shape index (κ3) is 26.4. The monoisotopic (exact) mass is 1980 g/mol. The number of primary amides is 4. The molecular weight excluding hydrogens is 1860 g/mol. The molecule has 0 unspecified atom stereocenters. The van der Waals surface area contributed by atoms with Crippen LogP contribution in [0.15, 0.2) is 267 Å². The van der Waals surface area contributed by atoms with Crippen molar-refractivity contribution < 1.29 is 52.7 Å². The van der Waals surface area contributed by atoms with Crippen LogP contribution in [0.5, 0.6) is 0 Å². The molecule has 0 atom stereocenters. The Labute approximate surface area is 855 Å². The number of benzene rings is 8. The zero-order valence-corrected chi connectivity index (χ0v) is 83.5. The molecule has 8 aromatic carbocycles. The lowest BCUT2D eigenvalue weighted by Crippen LogP contribution is -2.48. The van der Waals surface area contributed by atoms with Crippen LogP contribution in [0, 0.1) is 0 Å². The average molecular weight is 1980 g/mol. The molecule has 147 heavy (non-hydrogen) atoms. The molecule has 0 bridgehead atoms. The molecule has 20 rings (SSSR count). The second-order valence-electron chi connectivity index (χ2n) is 37.9. The SMILES string of the molecule is CC(=O)N1CCN(c2cccc(N(C(C)=O)c3cc(NC4(c5ccccc5)CC4)c(C(N)=O)cn3)c2)CC1.CC(=O)N1CCN(c2cccc(Nc3cc(NC4(c5ccccc5)CC4)c(C(N)=O)cn3)c2)CC1.CC(=O)N1CCN(c2cccc(Nc3cc(NC4(c5ccccc5)CC4)c(C(N)=O)cn3)c2)CC1.CC(=O)OC(C)=O.NC(=O)c1cnc(Nc2cccc(N3CCNCC3)c2)cc1NC1(c2ccccc2)CC1. The molecule has 4 saturated heterocycles. The van der Waals surface area contributed by atoms with Gasteiger partial charge in [0.1, 0.15) is 23.3 Å². The number of nitrogens with zero attached hydrogens (tertiary/aromatic N) is 12. The van der Waals surface area contributed by atoms with Crippen LogP contribution in [0.1, 0.15) is 157 Å². The Morgan fingerprint density at radius 2 is 0.571 bits per heavy atom. The van der Waals surface area contributed by atoms with E-state index in [9.17, 15) is 47.9 Å². The normalized spacial score (nSPS) is 16.1. The van der Waals surface area contributed by atoms with Gasteiger partial charge in [0.15, 0.2) is 0 Å². The third-order valence-corrected chi connectivity index (χ3v) is 27.5. The number of hydrogen-bond donors (Lipinski definition) is 12. The van der Waals surface area contributed by atoms with Crippen molar-refractivity contribution in [3.8, 4) is 0 Å². The summed E-state index contributed by atoms with van der Waals surface area (Å²) < 4.78 is 3.97. The van der Waals surface area contributed by atoms with E-state index in [0.29, 0.717) is 94.6 Å². The minimum absolute atomic E-state index is 0.0799. The van der Waals surface area contributed by atoms with Crippen LogP contribution < -0.4 is 90.0 Å². The molecule has 8 aliphatic rings. The first-order valence-electron chi connectivity index (χ1n) is 49.6. The first kappa shape index (κ1) is 103. The first-order chi connectivity index (χ1) is 70.9. The summed E-state index contributed by atoms with van der Waals surface area (Å²) in [6.45, 7) is 21.5. The molecule has 16 N–H and O–H groups in total. The lowest BCUT2D eigenvalue weighted by Gasteiger charge is -2.36. The number of rotatable bonds is 28. The molecule has 12 aromatic rings. The number of carbonyl (C=O) groups is 10. The maximum atomic E-state index is 12.9. The van der Waals surface area contributed by atoms with Gasteiger partial charge in [-0.05, 0) is 146 Å². The quantitative estimate of drug-likeness (QED) is 0.0160. The summed E-state index contributed by atoms with van der Waals surface area (Å²) in [5, 5.41) is 27.8. The summed E-state index contributed by atoms with van der Waals surface area (Å²) in [4.78, 5) is 150. The number of carbonyl (C=O) groups excluding carboxylic acids is 10. The van der Waals surface area contributed by atoms with E-state index in [1.54, 1.807) is 33.0 Å². The molecule has 8 fully saturated rings. The second-order valence-corrected chi connectivity index (χ2v) is 37.9. The summed E-state index contributed by atoms with van der Waals surface area (Å²) in [5.74, 6) is -0.803. The molecule has 4 saturated carbocycles. The van der Waals surface area contributed by atoms with Gasteiger partial charge in [0, 0.05) is 235 Å². The van der Waals surface area contributed by atoms with Crippen molar-refractivity contribution in [3.05, 3.63) is 312 Å². The van der Waals surface area contributed by atoms with E-state index >= 15 is 0 Å². The van der Waals surface area contributed by atoms with E-state index in [4.69, 9.17) is 22.9 Å². The van der Waals surface area contributed by atoms with Gasteiger partial charge in [0.25, 0.3) is 23.6 Å². The third-order valence-electron chi connectivity index (χ3n) is 27.5. The first-order valence-corrected chi connectivity index (χ1v) is 49.6. The maximum Gasteiger partial charge on any atom is 0.310 e. The number of amides is 8. The Morgan fingerprint density at radius 1 is 0.306 bits per heavy atom. The van der Waals surface area contributed by atoms with Crippen molar-refractivity contribution in [1.29, 1.82) is 0 Å². The maximum absolute atomic E-state index is 12.9. The predicted molar refractivity (Wildman–Crippen MR) is 574 cm³/mol. The zero-order chi connectivity index (χ0) is 104. The molecule has 8 amide bonds. The van der Waals surface area contributed by atoms with E-state index in [1.807, 2.05) is 166 Å². The lowest BCUT2D eigenvalue weighted by atomic mass is 10.0. The number of esters is 2. The Hall–Kier alpha value is -17.0. The Balaban J connectivity index is 0.000000137. The van der Waals surface area contributed by atoms with Crippen molar-refractivity contribution in [2.75, 3.05) is 166 Å². The summed E-state index contributed by atoms with van der Waals surface area (Å²) in [6, 6.07) is 80.5. The molecule has 0 spiro atoms. The number of hydrogen-bond acceptors (Lipinski definition) is 27. The average Bonchev–Trinajstić information content (AvgIpc) is 1.62. The van der Waals surface area contributed by atoms with Gasteiger partial charge in [-0.2, -0.15) is 0 Å². The lowest BCUT2D eigenvalue weighted by molar-refractivity contribution is -0.156. The van der Waals surface area contributed by atoms with Crippen LogP contribution >= 0.6 is 0 Å². The highest BCUT2D eigenvalue weighted by molar-refractivity contribution is 6.04. The second kappa shape index (κ2) is 46.2. The van der Waals surface area contributed by atoms with Crippen molar-refractivity contribution in [2.45, 2.75) is 115 Å². The van der Waals surface area contributed by atoms with Crippen LogP contribution in [-0.4, -0.2) is 199 Å². The van der Waals surface area contributed by atoms with Crippen molar-refractivity contribution in [3.63, 3.8) is 0 Å².